The molecule has 0 aromatic carbocycles. The largest absolute Gasteiger partial charge is 0.462 e. The van der Waals surface area contributed by atoms with Crippen LogP contribution < -0.4 is 15.8 Å². The van der Waals surface area contributed by atoms with Crippen molar-refractivity contribution >= 4 is 33.3 Å². The minimum Gasteiger partial charge on any atom is -0.462 e. The van der Waals surface area contributed by atoms with Crippen LogP contribution in [0.2, 0.25) is 0 Å². The van der Waals surface area contributed by atoms with Crippen molar-refractivity contribution < 1.29 is 17.9 Å². The summed E-state index contributed by atoms with van der Waals surface area (Å²) in [7, 11) is -3.56. The van der Waals surface area contributed by atoms with Crippen molar-refractivity contribution in [3.05, 3.63) is 15.6 Å². The normalized spacial score (nSPS) is 13.4. The smallest absolute Gasteiger partial charge is 0.350 e. The van der Waals surface area contributed by atoms with Crippen LogP contribution in [-0.4, -0.2) is 50.8 Å². The number of nitrogens with two attached hydrogens (primary N) is 1. The van der Waals surface area contributed by atoms with Crippen molar-refractivity contribution in [1.29, 1.82) is 0 Å². The van der Waals surface area contributed by atoms with Crippen LogP contribution in [0.5, 0.6) is 0 Å². The molecule has 11 heteroatoms. The van der Waals surface area contributed by atoms with Gasteiger partial charge in [0.2, 0.25) is 10.0 Å². The highest BCUT2D eigenvalue weighted by atomic mass is 32.2. The van der Waals surface area contributed by atoms with Gasteiger partial charge in [0.15, 0.2) is 5.96 Å². The fourth-order valence-corrected chi connectivity index (χ4v) is 3.17. The lowest BCUT2D eigenvalue weighted by molar-refractivity contribution is 0.0531. The molecule has 1 aromatic heterocycles. The van der Waals surface area contributed by atoms with Crippen LogP contribution in [-0.2, 0) is 14.8 Å². The van der Waals surface area contributed by atoms with Crippen molar-refractivity contribution in [3.63, 3.8) is 0 Å². The minimum atomic E-state index is -3.56. The number of ether oxygens (including phenoxy) is 1. The number of thiazole rings is 1. The summed E-state index contributed by atoms with van der Waals surface area (Å²) >= 11 is 1.26. The Morgan fingerprint density at radius 2 is 2.12 bits per heavy atom. The molecule has 25 heavy (non-hydrogen) atoms. The van der Waals surface area contributed by atoms with E-state index in [2.05, 4.69) is 20.6 Å². The van der Waals surface area contributed by atoms with E-state index >= 15 is 0 Å². The van der Waals surface area contributed by atoms with Crippen molar-refractivity contribution in [2.75, 3.05) is 25.4 Å². The van der Waals surface area contributed by atoms with Crippen LogP contribution in [0.15, 0.2) is 4.99 Å². The van der Waals surface area contributed by atoms with Crippen LogP contribution in [0.25, 0.3) is 0 Å². The van der Waals surface area contributed by atoms with Gasteiger partial charge in [-0.2, -0.15) is 0 Å². The molecule has 0 aliphatic heterocycles. The van der Waals surface area contributed by atoms with E-state index in [1.165, 1.54) is 11.3 Å². The molecule has 0 saturated heterocycles. The van der Waals surface area contributed by atoms with Gasteiger partial charge in [0.25, 0.3) is 0 Å². The summed E-state index contributed by atoms with van der Waals surface area (Å²) in [5.41, 5.74) is 0.614. The van der Waals surface area contributed by atoms with Gasteiger partial charge in [-0.25, -0.2) is 23.3 Å². The Morgan fingerprint density at radius 3 is 2.68 bits per heavy atom. The second kappa shape index (κ2) is 9.68. The van der Waals surface area contributed by atoms with Crippen molar-refractivity contribution in [3.8, 4) is 0 Å². The van der Waals surface area contributed by atoms with Crippen LogP contribution >= 0.6 is 11.3 Å². The standard InChI is InChI=1S/C14H25N5O4S2/c1-5-16-14(17-7-8-25(15,21)22)19-10(4)12-18-9(3)11(24-12)13(20)23-6-2/h10H,5-8H2,1-4H3,(H2,15,21,22)(H2,16,17,19). The van der Waals surface area contributed by atoms with Crippen LogP contribution in [0.3, 0.4) is 0 Å². The van der Waals surface area contributed by atoms with Crippen LogP contribution in [0.1, 0.15) is 47.2 Å². The fourth-order valence-electron chi connectivity index (χ4n) is 1.86. The van der Waals surface area contributed by atoms with Gasteiger partial charge in [-0.1, -0.05) is 0 Å². The summed E-state index contributed by atoms with van der Waals surface area (Å²) < 4.78 is 27.0. The van der Waals surface area contributed by atoms with Crippen molar-refractivity contribution in [2.24, 2.45) is 10.1 Å². The molecule has 0 aliphatic rings. The quantitative estimate of drug-likeness (QED) is 0.334. The number of carbonyl (C=O) groups excluding carboxylic acids is 1. The minimum absolute atomic E-state index is 0.0475. The van der Waals surface area contributed by atoms with Gasteiger partial charge in [-0.3, -0.25) is 4.99 Å². The summed E-state index contributed by atoms with van der Waals surface area (Å²) in [6.07, 6.45) is 0. The first kappa shape index (κ1) is 21.3. The first-order chi connectivity index (χ1) is 11.7. The molecule has 1 heterocycles. The first-order valence-corrected chi connectivity index (χ1v) is 10.4. The number of aromatic nitrogens is 1. The van der Waals surface area contributed by atoms with Gasteiger partial charge in [0.05, 0.1) is 30.6 Å². The van der Waals surface area contributed by atoms with Crippen LogP contribution in [0.4, 0.5) is 0 Å². The van der Waals surface area contributed by atoms with Gasteiger partial charge in [-0.15, -0.1) is 11.3 Å². The number of esters is 1. The molecular weight excluding hydrogens is 366 g/mol. The zero-order chi connectivity index (χ0) is 19.0. The molecule has 1 unspecified atom stereocenters. The number of aryl methyl sites for hydroxylation is 1. The summed E-state index contributed by atoms with van der Waals surface area (Å²) in [4.78, 5) is 20.9. The van der Waals surface area contributed by atoms with E-state index < -0.39 is 10.0 Å². The number of sulfonamides is 1. The molecule has 0 spiro atoms. The van der Waals surface area contributed by atoms with Crippen molar-refractivity contribution in [1.82, 2.24) is 15.6 Å². The fraction of sp³-hybridized carbons (Fsp3) is 0.643. The summed E-state index contributed by atoms with van der Waals surface area (Å²) in [6.45, 7) is 8.24. The molecular formula is C14H25N5O4S2. The number of rotatable bonds is 8. The second-order valence-corrected chi connectivity index (χ2v) is 7.95. The van der Waals surface area contributed by atoms with Crippen LogP contribution in [0, 0.1) is 6.92 Å². The Hall–Kier alpha value is -1.72. The SMILES string of the molecule is CCNC(=NCCS(N)(=O)=O)NC(C)c1nc(C)c(C(=O)OCC)s1. The molecule has 9 nitrogen and oxygen atoms in total. The van der Waals surface area contributed by atoms with Gasteiger partial charge < -0.3 is 15.4 Å². The molecule has 0 amide bonds. The lowest BCUT2D eigenvalue weighted by Gasteiger charge is -2.15. The molecule has 0 radical (unpaired) electrons. The average molecular weight is 392 g/mol. The third kappa shape index (κ3) is 7.36. The number of guanidine groups is 1. The number of nitrogens with one attached hydrogen (secondary N) is 2. The highest BCUT2D eigenvalue weighted by Gasteiger charge is 2.20. The van der Waals surface area contributed by atoms with Gasteiger partial charge in [0, 0.05) is 6.54 Å². The van der Waals surface area contributed by atoms with E-state index in [1.807, 2.05) is 13.8 Å². The average Bonchev–Trinajstić information content (AvgIpc) is 2.88. The maximum absolute atomic E-state index is 11.9. The molecule has 0 fully saturated rings. The van der Waals surface area contributed by atoms with Crippen molar-refractivity contribution in [2.45, 2.75) is 33.7 Å². The lowest BCUT2D eigenvalue weighted by atomic mass is 10.3. The number of nitrogens with zero attached hydrogens (tertiary/aromatic N) is 2. The topological polar surface area (TPSA) is 136 Å². The Kier molecular flexibility index (Phi) is 8.26. The Bertz CT molecular complexity index is 715. The Balaban J connectivity index is 2.83. The number of hydrogen-bond acceptors (Lipinski definition) is 7. The highest BCUT2D eigenvalue weighted by molar-refractivity contribution is 7.89. The number of hydrogen-bond donors (Lipinski definition) is 3. The molecule has 1 aromatic rings. The molecule has 4 N–H and O–H groups in total. The zero-order valence-corrected chi connectivity index (χ0v) is 16.5. The predicted octanol–water partition coefficient (Wildman–Crippen LogP) is 0.533. The lowest BCUT2D eigenvalue weighted by Crippen LogP contribution is -2.39. The Morgan fingerprint density at radius 1 is 1.44 bits per heavy atom. The summed E-state index contributed by atoms with van der Waals surface area (Å²) in [5, 5.41) is 11.8. The predicted molar refractivity (Wildman–Crippen MR) is 98.3 cm³/mol. The number of primary sulfonamides is 1. The molecule has 1 atom stereocenters. The molecule has 0 saturated carbocycles. The first-order valence-electron chi connectivity index (χ1n) is 7.87. The maximum Gasteiger partial charge on any atom is 0.350 e. The molecule has 1 rings (SSSR count). The number of aliphatic imine (C=N–C) groups is 1. The van der Waals surface area contributed by atoms with E-state index in [0.717, 1.165) is 0 Å². The van der Waals surface area contributed by atoms with E-state index in [9.17, 15) is 13.2 Å². The van der Waals surface area contributed by atoms with E-state index in [-0.39, 0.29) is 24.3 Å². The third-order valence-electron chi connectivity index (χ3n) is 2.99. The maximum atomic E-state index is 11.9. The van der Waals surface area contributed by atoms with Gasteiger partial charge in [-0.05, 0) is 27.7 Å². The summed E-state index contributed by atoms with van der Waals surface area (Å²) in [6, 6.07) is -0.223. The third-order valence-corrected chi connectivity index (χ3v) is 5.06. The molecule has 142 valence electrons. The molecule has 0 aliphatic carbocycles. The van der Waals surface area contributed by atoms with E-state index in [0.29, 0.717) is 34.7 Å². The van der Waals surface area contributed by atoms with E-state index in [4.69, 9.17) is 9.88 Å². The monoisotopic (exact) mass is 391 g/mol. The zero-order valence-electron chi connectivity index (χ0n) is 14.8. The summed E-state index contributed by atoms with van der Waals surface area (Å²) in [5.74, 6) is -0.171. The highest BCUT2D eigenvalue weighted by Crippen LogP contribution is 2.24. The second-order valence-electron chi connectivity index (χ2n) is 5.18. The number of carbonyl (C=O) groups is 1. The molecule has 0 bridgehead atoms. The van der Waals surface area contributed by atoms with E-state index in [1.54, 1.807) is 13.8 Å². The Labute approximate surface area is 152 Å². The van der Waals surface area contributed by atoms with Gasteiger partial charge >= 0.3 is 5.97 Å². The van der Waals surface area contributed by atoms with Gasteiger partial charge in [0.1, 0.15) is 9.88 Å².